The fraction of sp³-hybridized carbons (Fsp3) is 0.333. The highest BCUT2D eigenvalue weighted by Crippen LogP contribution is 2.27. The van der Waals surface area contributed by atoms with Gasteiger partial charge in [-0.3, -0.25) is 4.98 Å². The quantitative estimate of drug-likeness (QED) is 0.788. The van der Waals surface area contributed by atoms with Crippen LogP contribution in [0.4, 0.5) is 14.5 Å². The number of nitrogens with zero attached hydrogens (tertiary/aromatic N) is 2. The van der Waals surface area contributed by atoms with Crippen molar-refractivity contribution in [3.63, 3.8) is 0 Å². The number of rotatable bonds is 2. The van der Waals surface area contributed by atoms with E-state index >= 15 is 0 Å². The Morgan fingerprint density at radius 2 is 2.29 bits per heavy atom. The number of alkyl halides is 2. The molecule has 0 saturated heterocycles. The standard InChI is InChI=1S/C9H9F2N3/c1-5-8(9(10)11)7(13)4-6(14-5)2-3-12/h4,9H,2H2,1H3,(H2,13,14). The molecule has 0 amide bonds. The van der Waals surface area contributed by atoms with Crippen LogP contribution in [-0.2, 0) is 6.42 Å². The van der Waals surface area contributed by atoms with E-state index in [0.29, 0.717) is 5.69 Å². The van der Waals surface area contributed by atoms with Crippen molar-refractivity contribution >= 4 is 5.69 Å². The van der Waals surface area contributed by atoms with E-state index in [1.807, 2.05) is 6.07 Å². The number of aromatic nitrogens is 1. The molecule has 0 unspecified atom stereocenters. The third-order valence-electron chi connectivity index (χ3n) is 1.81. The SMILES string of the molecule is Cc1nc(CC#N)cc(N)c1C(F)F. The Morgan fingerprint density at radius 1 is 1.64 bits per heavy atom. The van der Waals surface area contributed by atoms with Gasteiger partial charge in [-0.25, -0.2) is 8.78 Å². The molecule has 0 aliphatic rings. The average Bonchev–Trinajstić information content (AvgIpc) is 2.01. The monoisotopic (exact) mass is 197 g/mol. The first-order chi connectivity index (χ1) is 6.56. The Bertz CT molecular complexity index is 359. The van der Waals surface area contributed by atoms with Crippen molar-refractivity contribution in [1.29, 1.82) is 5.26 Å². The number of nitrogen functional groups attached to an aromatic ring is 1. The molecular weight excluding hydrogens is 188 g/mol. The third kappa shape index (κ3) is 1.96. The lowest BCUT2D eigenvalue weighted by atomic mass is 10.1. The molecule has 0 aliphatic heterocycles. The normalized spacial score (nSPS) is 10.2. The Labute approximate surface area is 80.2 Å². The Morgan fingerprint density at radius 3 is 2.71 bits per heavy atom. The molecule has 0 saturated carbocycles. The number of halogens is 2. The minimum atomic E-state index is -2.63. The highest BCUT2D eigenvalue weighted by molar-refractivity contribution is 5.50. The maximum absolute atomic E-state index is 12.4. The van der Waals surface area contributed by atoms with Crippen LogP contribution in [-0.4, -0.2) is 4.98 Å². The van der Waals surface area contributed by atoms with Crippen molar-refractivity contribution in [2.75, 3.05) is 5.73 Å². The van der Waals surface area contributed by atoms with Crippen LogP contribution in [0.1, 0.15) is 23.4 Å². The van der Waals surface area contributed by atoms with Crippen molar-refractivity contribution < 1.29 is 8.78 Å². The Kier molecular flexibility index (Phi) is 2.97. The molecule has 0 aliphatic carbocycles. The minimum absolute atomic E-state index is 0.00208. The summed E-state index contributed by atoms with van der Waals surface area (Å²) in [6, 6.07) is 3.20. The van der Waals surface area contributed by atoms with Crippen molar-refractivity contribution in [2.24, 2.45) is 0 Å². The first-order valence-corrected chi connectivity index (χ1v) is 3.97. The molecule has 1 rings (SSSR count). The predicted molar refractivity (Wildman–Crippen MR) is 47.7 cm³/mol. The summed E-state index contributed by atoms with van der Waals surface area (Å²) in [5.41, 5.74) is 5.79. The fourth-order valence-electron chi connectivity index (χ4n) is 1.23. The van der Waals surface area contributed by atoms with Gasteiger partial charge in [-0.2, -0.15) is 5.26 Å². The van der Waals surface area contributed by atoms with Crippen molar-refractivity contribution in [3.05, 3.63) is 23.0 Å². The second-order valence-corrected chi connectivity index (χ2v) is 2.84. The summed E-state index contributed by atoms with van der Waals surface area (Å²) in [5.74, 6) is 0. The van der Waals surface area contributed by atoms with E-state index in [2.05, 4.69) is 4.98 Å². The molecule has 1 aromatic heterocycles. The average molecular weight is 197 g/mol. The van der Waals surface area contributed by atoms with E-state index in [9.17, 15) is 8.78 Å². The molecule has 0 aromatic carbocycles. The van der Waals surface area contributed by atoms with E-state index < -0.39 is 6.43 Å². The van der Waals surface area contributed by atoms with Gasteiger partial charge >= 0.3 is 0 Å². The zero-order chi connectivity index (χ0) is 10.7. The van der Waals surface area contributed by atoms with E-state index in [-0.39, 0.29) is 23.4 Å². The fourth-order valence-corrected chi connectivity index (χ4v) is 1.23. The highest BCUT2D eigenvalue weighted by Gasteiger charge is 2.16. The molecule has 0 atom stereocenters. The lowest BCUT2D eigenvalue weighted by Crippen LogP contribution is -2.03. The van der Waals surface area contributed by atoms with Crippen LogP contribution in [0, 0.1) is 18.3 Å². The summed E-state index contributed by atoms with van der Waals surface area (Å²) in [5, 5.41) is 8.40. The largest absolute Gasteiger partial charge is 0.398 e. The van der Waals surface area contributed by atoms with E-state index in [1.54, 1.807) is 0 Å². The van der Waals surface area contributed by atoms with Crippen LogP contribution in [0.3, 0.4) is 0 Å². The van der Waals surface area contributed by atoms with Crippen molar-refractivity contribution in [2.45, 2.75) is 19.8 Å². The van der Waals surface area contributed by atoms with Crippen LogP contribution in [0.2, 0.25) is 0 Å². The Hall–Kier alpha value is -1.70. The Balaban J connectivity index is 3.19. The van der Waals surface area contributed by atoms with E-state index in [0.717, 1.165) is 0 Å². The number of hydrogen-bond donors (Lipinski definition) is 1. The molecule has 3 nitrogen and oxygen atoms in total. The predicted octanol–water partition coefficient (Wildman–Crippen LogP) is 1.98. The molecule has 5 heteroatoms. The summed E-state index contributed by atoms with van der Waals surface area (Å²) in [4.78, 5) is 3.86. The molecule has 1 heterocycles. The minimum Gasteiger partial charge on any atom is -0.398 e. The van der Waals surface area contributed by atoms with Gasteiger partial charge in [0.05, 0.1) is 23.7 Å². The maximum atomic E-state index is 12.4. The van der Waals surface area contributed by atoms with Crippen LogP contribution in [0.5, 0.6) is 0 Å². The topological polar surface area (TPSA) is 62.7 Å². The number of hydrogen-bond acceptors (Lipinski definition) is 3. The number of anilines is 1. The van der Waals surface area contributed by atoms with Gasteiger partial charge in [-0.1, -0.05) is 0 Å². The van der Waals surface area contributed by atoms with Gasteiger partial charge in [0.25, 0.3) is 6.43 Å². The first-order valence-electron chi connectivity index (χ1n) is 3.97. The number of aryl methyl sites for hydroxylation is 1. The second kappa shape index (κ2) is 4.01. The van der Waals surface area contributed by atoms with Gasteiger partial charge in [0.2, 0.25) is 0 Å². The van der Waals surface area contributed by atoms with Crippen LogP contribution in [0.15, 0.2) is 6.07 Å². The number of nitrogens with two attached hydrogens (primary N) is 1. The van der Waals surface area contributed by atoms with Crippen molar-refractivity contribution in [3.8, 4) is 6.07 Å². The molecular formula is C9H9F2N3. The highest BCUT2D eigenvalue weighted by atomic mass is 19.3. The zero-order valence-corrected chi connectivity index (χ0v) is 7.59. The summed E-state index contributed by atoms with van der Waals surface area (Å²) in [6.45, 7) is 1.46. The molecule has 14 heavy (non-hydrogen) atoms. The van der Waals surface area contributed by atoms with E-state index in [4.69, 9.17) is 11.0 Å². The van der Waals surface area contributed by atoms with Crippen LogP contribution in [0.25, 0.3) is 0 Å². The van der Waals surface area contributed by atoms with Gasteiger partial charge in [0.15, 0.2) is 0 Å². The van der Waals surface area contributed by atoms with Gasteiger partial charge in [-0.15, -0.1) is 0 Å². The third-order valence-corrected chi connectivity index (χ3v) is 1.81. The number of nitriles is 1. The summed E-state index contributed by atoms with van der Waals surface area (Å²) >= 11 is 0. The summed E-state index contributed by atoms with van der Waals surface area (Å²) < 4.78 is 24.8. The molecule has 1 aromatic rings. The lowest BCUT2D eigenvalue weighted by molar-refractivity contribution is 0.151. The van der Waals surface area contributed by atoms with Crippen LogP contribution >= 0.6 is 0 Å². The van der Waals surface area contributed by atoms with E-state index in [1.165, 1.54) is 13.0 Å². The van der Waals surface area contributed by atoms with Crippen LogP contribution < -0.4 is 5.73 Å². The maximum Gasteiger partial charge on any atom is 0.267 e. The zero-order valence-electron chi connectivity index (χ0n) is 7.59. The molecule has 0 bridgehead atoms. The number of pyridine rings is 1. The van der Waals surface area contributed by atoms with Gasteiger partial charge in [-0.05, 0) is 13.0 Å². The summed E-state index contributed by atoms with van der Waals surface area (Å²) in [7, 11) is 0. The molecule has 0 spiro atoms. The smallest absolute Gasteiger partial charge is 0.267 e. The first kappa shape index (κ1) is 10.4. The lowest BCUT2D eigenvalue weighted by Gasteiger charge is -2.08. The van der Waals surface area contributed by atoms with Gasteiger partial charge in [0, 0.05) is 11.4 Å². The molecule has 0 radical (unpaired) electrons. The molecule has 2 N–H and O–H groups in total. The van der Waals surface area contributed by atoms with Crippen molar-refractivity contribution in [1.82, 2.24) is 4.98 Å². The molecule has 74 valence electrons. The van der Waals surface area contributed by atoms with Gasteiger partial charge in [0.1, 0.15) is 0 Å². The van der Waals surface area contributed by atoms with Gasteiger partial charge < -0.3 is 5.73 Å². The summed E-state index contributed by atoms with van der Waals surface area (Å²) in [6.07, 6.45) is -2.55. The molecule has 0 fully saturated rings. The second-order valence-electron chi connectivity index (χ2n) is 2.84.